The quantitative estimate of drug-likeness (QED) is 0.627. The summed E-state index contributed by atoms with van der Waals surface area (Å²) in [5, 5.41) is 2.24. The van der Waals surface area contributed by atoms with Crippen molar-refractivity contribution in [3.8, 4) is 11.4 Å². The average Bonchev–Trinajstić information content (AvgIpc) is 2.77. The molecule has 84 valence electrons. The summed E-state index contributed by atoms with van der Waals surface area (Å²) in [6.45, 7) is 2.00. The SMILES string of the molecule is Cc1ccc(-c2nc(Cl)nc3ccsc23)nc1. The highest BCUT2D eigenvalue weighted by atomic mass is 35.5. The molecule has 0 aromatic carbocycles. The van der Waals surface area contributed by atoms with Gasteiger partial charge < -0.3 is 0 Å². The number of thiophene rings is 1. The predicted molar refractivity (Wildman–Crippen MR) is 70.4 cm³/mol. The smallest absolute Gasteiger partial charge is 0.223 e. The van der Waals surface area contributed by atoms with E-state index in [0.29, 0.717) is 0 Å². The summed E-state index contributed by atoms with van der Waals surface area (Å²) in [4.78, 5) is 12.8. The topological polar surface area (TPSA) is 38.7 Å². The van der Waals surface area contributed by atoms with E-state index >= 15 is 0 Å². The molecule has 0 fully saturated rings. The number of aryl methyl sites for hydroxylation is 1. The molecule has 3 aromatic heterocycles. The molecule has 0 saturated carbocycles. The van der Waals surface area contributed by atoms with Crippen LogP contribution in [0.3, 0.4) is 0 Å². The predicted octanol–water partition coefficient (Wildman–Crippen LogP) is 3.72. The third kappa shape index (κ3) is 1.90. The van der Waals surface area contributed by atoms with Gasteiger partial charge in [-0.25, -0.2) is 9.97 Å². The van der Waals surface area contributed by atoms with Crippen molar-refractivity contribution in [2.24, 2.45) is 0 Å². The number of hydrogen-bond donors (Lipinski definition) is 0. The van der Waals surface area contributed by atoms with E-state index in [1.54, 1.807) is 11.3 Å². The number of nitrogens with zero attached hydrogens (tertiary/aromatic N) is 3. The van der Waals surface area contributed by atoms with Crippen LogP contribution in [0.2, 0.25) is 5.28 Å². The number of aromatic nitrogens is 3. The first-order chi connectivity index (χ1) is 8.24. The van der Waals surface area contributed by atoms with Crippen LogP contribution >= 0.6 is 22.9 Å². The highest BCUT2D eigenvalue weighted by Crippen LogP contribution is 2.29. The summed E-state index contributed by atoms with van der Waals surface area (Å²) >= 11 is 7.51. The van der Waals surface area contributed by atoms with Crippen molar-refractivity contribution in [2.75, 3.05) is 0 Å². The van der Waals surface area contributed by atoms with E-state index in [1.165, 1.54) is 0 Å². The van der Waals surface area contributed by atoms with E-state index in [9.17, 15) is 0 Å². The molecule has 0 unspecified atom stereocenters. The standard InChI is InChI=1S/C12H8ClN3S/c1-7-2-3-8(14-6-7)10-11-9(4-5-17-11)15-12(13)16-10/h2-6H,1H3. The summed E-state index contributed by atoms with van der Waals surface area (Å²) in [6, 6.07) is 5.90. The molecule has 0 N–H and O–H groups in total. The van der Waals surface area contributed by atoms with Crippen molar-refractivity contribution in [2.45, 2.75) is 6.92 Å². The van der Waals surface area contributed by atoms with E-state index in [-0.39, 0.29) is 5.28 Å². The second-order valence-corrected chi connectivity index (χ2v) is 4.95. The van der Waals surface area contributed by atoms with Gasteiger partial charge >= 0.3 is 0 Å². The Hall–Kier alpha value is -1.52. The lowest BCUT2D eigenvalue weighted by Gasteiger charge is -2.02. The molecule has 0 aliphatic heterocycles. The van der Waals surface area contributed by atoms with Gasteiger partial charge in [-0.1, -0.05) is 6.07 Å². The van der Waals surface area contributed by atoms with Gasteiger partial charge in [0.05, 0.1) is 15.9 Å². The van der Waals surface area contributed by atoms with Crippen LogP contribution in [0.15, 0.2) is 29.8 Å². The van der Waals surface area contributed by atoms with E-state index in [1.807, 2.05) is 36.7 Å². The summed E-state index contributed by atoms with van der Waals surface area (Å²) < 4.78 is 1.02. The fourth-order valence-electron chi connectivity index (χ4n) is 1.62. The monoisotopic (exact) mass is 261 g/mol. The van der Waals surface area contributed by atoms with Crippen LogP contribution in [0.1, 0.15) is 5.56 Å². The first-order valence-electron chi connectivity index (χ1n) is 5.08. The largest absolute Gasteiger partial charge is 0.254 e. The maximum Gasteiger partial charge on any atom is 0.223 e. The van der Waals surface area contributed by atoms with Gasteiger partial charge in [-0.05, 0) is 41.6 Å². The molecule has 0 amide bonds. The lowest BCUT2D eigenvalue weighted by molar-refractivity contribution is 1.19. The molecule has 0 aliphatic carbocycles. The van der Waals surface area contributed by atoms with Crippen LogP contribution in [-0.2, 0) is 0 Å². The van der Waals surface area contributed by atoms with Crippen LogP contribution in [-0.4, -0.2) is 15.0 Å². The molecular formula is C12H8ClN3S. The van der Waals surface area contributed by atoms with Gasteiger partial charge in [-0.2, -0.15) is 0 Å². The molecule has 0 radical (unpaired) electrons. The molecule has 17 heavy (non-hydrogen) atoms. The Morgan fingerprint density at radius 3 is 2.82 bits per heavy atom. The second-order valence-electron chi connectivity index (χ2n) is 3.70. The van der Waals surface area contributed by atoms with Gasteiger partial charge in [-0.15, -0.1) is 11.3 Å². The Balaban J connectivity index is 2.28. The maximum atomic E-state index is 5.92. The molecule has 3 aromatic rings. The molecule has 3 rings (SSSR count). The molecule has 0 atom stereocenters. The first kappa shape index (κ1) is 10.6. The first-order valence-corrected chi connectivity index (χ1v) is 6.33. The zero-order valence-corrected chi connectivity index (χ0v) is 10.6. The molecule has 0 spiro atoms. The van der Waals surface area contributed by atoms with Crippen LogP contribution < -0.4 is 0 Å². The van der Waals surface area contributed by atoms with Gasteiger partial charge in [0.15, 0.2) is 0 Å². The lowest BCUT2D eigenvalue weighted by Crippen LogP contribution is -1.91. The van der Waals surface area contributed by atoms with Crippen molar-refractivity contribution >= 4 is 33.2 Å². The highest BCUT2D eigenvalue weighted by molar-refractivity contribution is 7.17. The number of hydrogen-bond acceptors (Lipinski definition) is 4. The minimum Gasteiger partial charge on any atom is -0.254 e. The van der Waals surface area contributed by atoms with E-state index in [2.05, 4.69) is 15.0 Å². The fraction of sp³-hybridized carbons (Fsp3) is 0.0833. The van der Waals surface area contributed by atoms with E-state index < -0.39 is 0 Å². The van der Waals surface area contributed by atoms with Gasteiger partial charge in [0.1, 0.15) is 5.69 Å². The third-order valence-electron chi connectivity index (χ3n) is 2.43. The van der Waals surface area contributed by atoms with Crippen molar-refractivity contribution in [3.63, 3.8) is 0 Å². The van der Waals surface area contributed by atoms with Crippen LogP contribution in [0.5, 0.6) is 0 Å². The van der Waals surface area contributed by atoms with Gasteiger partial charge in [0.25, 0.3) is 0 Å². The van der Waals surface area contributed by atoms with Crippen molar-refractivity contribution in [1.29, 1.82) is 0 Å². The van der Waals surface area contributed by atoms with E-state index in [0.717, 1.165) is 27.2 Å². The molecule has 0 aliphatic rings. The van der Waals surface area contributed by atoms with Crippen LogP contribution in [0.25, 0.3) is 21.6 Å². The Morgan fingerprint density at radius 2 is 2.06 bits per heavy atom. The summed E-state index contributed by atoms with van der Waals surface area (Å²) in [5.41, 5.74) is 3.62. The summed E-state index contributed by atoms with van der Waals surface area (Å²) in [7, 11) is 0. The molecule has 5 heteroatoms. The van der Waals surface area contributed by atoms with Gasteiger partial charge in [0.2, 0.25) is 5.28 Å². The fourth-order valence-corrected chi connectivity index (χ4v) is 2.62. The zero-order chi connectivity index (χ0) is 11.8. The second kappa shape index (κ2) is 4.05. The Kier molecular flexibility index (Phi) is 2.53. The minimum atomic E-state index is 0.258. The summed E-state index contributed by atoms with van der Waals surface area (Å²) in [6.07, 6.45) is 1.82. The van der Waals surface area contributed by atoms with E-state index in [4.69, 9.17) is 11.6 Å². The Morgan fingerprint density at radius 1 is 1.18 bits per heavy atom. The Labute approximate surface area is 107 Å². The zero-order valence-electron chi connectivity index (χ0n) is 9.01. The van der Waals surface area contributed by atoms with Crippen molar-refractivity contribution < 1.29 is 0 Å². The maximum absolute atomic E-state index is 5.92. The van der Waals surface area contributed by atoms with Crippen LogP contribution in [0.4, 0.5) is 0 Å². The molecule has 3 heterocycles. The van der Waals surface area contributed by atoms with Crippen molar-refractivity contribution in [3.05, 3.63) is 40.6 Å². The highest BCUT2D eigenvalue weighted by Gasteiger charge is 2.10. The van der Waals surface area contributed by atoms with Crippen molar-refractivity contribution in [1.82, 2.24) is 15.0 Å². The van der Waals surface area contributed by atoms with Crippen LogP contribution in [0, 0.1) is 6.92 Å². The Bertz CT molecular complexity index is 676. The molecule has 3 nitrogen and oxygen atoms in total. The van der Waals surface area contributed by atoms with Gasteiger partial charge in [-0.3, -0.25) is 4.98 Å². The lowest BCUT2D eigenvalue weighted by atomic mass is 10.2. The number of pyridine rings is 1. The van der Waals surface area contributed by atoms with Gasteiger partial charge in [0, 0.05) is 6.20 Å². The molecule has 0 bridgehead atoms. The number of fused-ring (bicyclic) bond motifs is 1. The average molecular weight is 262 g/mol. The number of rotatable bonds is 1. The summed E-state index contributed by atoms with van der Waals surface area (Å²) in [5.74, 6) is 0. The number of halogens is 1. The molecular weight excluding hydrogens is 254 g/mol. The normalized spacial score (nSPS) is 10.9. The minimum absolute atomic E-state index is 0.258. The molecule has 0 saturated heterocycles. The third-order valence-corrected chi connectivity index (χ3v) is 3.51.